The van der Waals surface area contributed by atoms with E-state index < -0.39 is 5.82 Å². The minimum Gasteiger partial charge on any atom is -0.427 e. The van der Waals surface area contributed by atoms with E-state index in [1.165, 1.54) is 24.3 Å². The minimum atomic E-state index is -0.392. The molecule has 3 rings (SSSR count). The van der Waals surface area contributed by atoms with Crippen LogP contribution in [0.3, 0.4) is 0 Å². The van der Waals surface area contributed by atoms with Crippen LogP contribution in [0.2, 0.25) is 0 Å². The summed E-state index contributed by atoms with van der Waals surface area (Å²) in [6.45, 7) is 9.12. The first-order valence-electron chi connectivity index (χ1n) is 10.4. The summed E-state index contributed by atoms with van der Waals surface area (Å²) < 4.78 is 20.4. The van der Waals surface area contributed by atoms with Crippen molar-refractivity contribution in [2.45, 2.75) is 47.1 Å². The molecule has 0 aliphatic heterocycles. The summed E-state index contributed by atoms with van der Waals surface area (Å²) in [6.07, 6.45) is 0.807. The van der Waals surface area contributed by atoms with Gasteiger partial charge in [-0.25, -0.2) is 4.39 Å². The molecule has 162 valence electrons. The molecule has 31 heavy (non-hydrogen) atoms. The SMILES string of the molecule is Cc1nn(CC(C)C)c(C)c1CCC(=O)Oc1ccc(C(=O)c2ccc(F)cc2)cc1. The lowest BCUT2D eigenvalue weighted by atomic mass is 10.0. The van der Waals surface area contributed by atoms with Crippen LogP contribution in [-0.4, -0.2) is 21.5 Å². The van der Waals surface area contributed by atoms with Crippen LogP contribution in [0.5, 0.6) is 5.75 Å². The van der Waals surface area contributed by atoms with E-state index in [1.807, 2.05) is 18.5 Å². The van der Waals surface area contributed by atoms with Gasteiger partial charge in [0.25, 0.3) is 0 Å². The van der Waals surface area contributed by atoms with E-state index in [1.54, 1.807) is 24.3 Å². The zero-order valence-electron chi connectivity index (χ0n) is 18.3. The summed E-state index contributed by atoms with van der Waals surface area (Å²) in [4.78, 5) is 24.8. The van der Waals surface area contributed by atoms with Crippen LogP contribution in [-0.2, 0) is 17.8 Å². The van der Waals surface area contributed by atoms with Gasteiger partial charge in [0.15, 0.2) is 5.78 Å². The van der Waals surface area contributed by atoms with Crippen LogP contribution < -0.4 is 4.74 Å². The number of carbonyl (C=O) groups excluding carboxylic acids is 2. The second kappa shape index (κ2) is 9.69. The van der Waals surface area contributed by atoms with Gasteiger partial charge < -0.3 is 4.74 Å². The number of esters is 1. The highest BCUT2D eigenvalue weighted by Crippen LogP contribution is 2.19. The van der Waals surface area contributed by atoms with Crippen LogP contribution in [0.25, 0.3) is 0 Å². The average molecular weight is 423 g/mol. The van der Waals surface area contributed by atoms with Gasteiger partial charge in [0, 0.05) is 23.4 Å². The lowest BCUT2D eigenvalue weighted by Crippen LogP contribution is -2.10. The van der Waals surface area contributed by atoms with E-state index in [2.05, 4.69) is 18.9 Å². The number of ether oxygens (including phenoxy) is 1. The topological polar surface area (TPSA) is 61.2 Å². The number of ketones is 1. The average Bonchev–Trinajstić information content (AvgIpc) is 2.99. The van der Waals surface area contributed by atoms with Crippen LogP contribution >= 0.6 is 0 Å². The third kappa shape index (κ3) is 5.66. The van der Waals surface area contributed by atoms with Gasteiger partial charge >= 0.3 is 5.97 Å². The Morgan fingerprint density at radius 2 is 1.58 bits per heavy atom. The summed E-state index contributed by atoms with van der Waals surface area (Å²) >= 11 is 0. The Hall–Kier alpha value is -3.28. The van der Waals surface area contributed by atoms with Crippen LogP contribution in [0.4, 0.5) is 4.39 Å². The molecule has 0 saturated heterocycles. The fourth-order valence-electron chi connectivity index (χ4n) is 3.47. The number of carbonyl (C=O) groups is 2. The molecule has 0 spiro atoms. The van der Waals surface area contributed by atoms with E-state index >= 15 is 0 Å². The molecule has 2 aromatic carbocycles. The smallest absolute Gasteiger partial charge is 0.311 e. The number of aryl methyl sites for hydroxylation is 1. The molecule has 0 saturated carbocycles. The fraction of sp³-hybridized carbons (Fsp3) is 0.320. The number of rotatable bonds is 8. The molecule has 5 nitrogen and oxygen atoms in total. The van der Waals surface area contributed by atoms with Crippen molar-refractivity contribution < 1.29 is 18.7 Å². The molecular formula is C25H27FN2O3. The van der Waals surface area contributed by atoms with Crippen molar-refractivity contribution in [3.8, 4) is 5.75 Å². The van der Waals surface area contributed by atoms with Gasteiger partial charge in [0.1, 0.15) is 11.6 Å². The minimum absolute atomic E-state index is 0.220. The van der Waals surface area contributed by atoms with E-state index in [0.29, 0.717) is 29.2 Å². The lowest BCUT2D eigenvalue weighted by Gasteiger charge is -2.08. The number of aromatic nitrogens is 2. The van der Waals surface area contributed by atoms with Gasteiger partial charge in [0.05, 0.1) is 12.1 Å². The molecule has 3 aromatic rings. The maximum absolute atomic E-state index is 13.0. The second-order valence-electron chi connectivity index (χ2n) is 8.06. The molecule has 0 atom stereocenters. The summed E-state index contributed by atoms with van der Waals surface area (Å²) in [5, 5.41) is 4.58. The third-order valence-corrected chi connectivity index (χ3v) is 5.10. The Bertz CT molecular complexity index is 1070. The van der Waals surface area contributed by atoms with Crippen molar-refractivity contribution in [1.82, 2.24) is 9.78 Å². The van der Waals surface area contributed by atoms with Gasteiger partial charge in [0.2, 0.25) is 0 Å². The quantitative estimate of drug-likeness (QED) is 0.289. The summed E-state index contributed by atoms with van der Waals surface area (Å²) in [6, 6.07) is 11.8. The fourth-order valence-corrected chi connectivity index (χ4v) is 3.47. The van der Waals surface area contributed by atoms with Crippen molar-refractivity contribution in [1.29, 1.82) is 0 Å². The molecule has 0 fully saturated rings. The van der Waals surface area contributed by atoms with Crippen molar-refractivity contribution in [3.63, 3.8) is 0 Å². The molecule has 0 aliphatic rings. The maximum Gasteiger partial charge on any atom is 0.311 e. The molecule has 1 aromatic heterocycles. The molecule has 0 N–H and O–H groups in total. The van der Waals surface area contributed by atoms with Crippen molar-refractivity contribution >= 4 is 11.8 Å². The Kier molecular flexibility index (Phi) is 7.00. The molecule has 6 heteroatoms. The van der Waals surface area contributed by atoms with Crippen molar-refractivity contribution in [2.75, 3.05) is 0 Å². The predicted octanol–water partition coefficient (Wildman–Crippen LogP) is 5.06. The number of benzene rings is 2. The van der Waals surface area contributed by atoms with Gasteiger partial charge in [-0.3, -0.25) is 14.3 Å². The second-order valence-corrected chi connectivity index (χ2v) is 8.06. The molecule has 0 radical (unpaired) electrons. The largest absolute Gasteiger partial charge is 0.427 e. The Balaban J connectivity index is 1.58. The Morgan fingerprint density at radius 3 is 2.16 bits per heavy atom. The Labute approximate surface area is 181 Å². The van der Waals surface area contributed by atoms with E-state index in [-0.39, 0.29) is 18.2 Å². The number of hydrogen-bond donors (Lipinski definition) is 0. The van der Waals surface area contributed by atoms with Crippen LogP contribution in [0.1, 0.15) is 53.1 Å². The monoisotopic (exact) mass is 422 g/mol. The van der Waals surface area contributed by atoms with Gasteiger partial charge in [-0.2, -0.15) is 5.10 Å². The van der Waals surface area contributed by atoms with E-state index in [9.17, 15) is 14.0 Å². The van der Waals surface area contributed by atoms with E-state index in [0.717, 1.165) is 23.5 Å². The van der Waals surface area contributed by atoms with E-state index in [4.69, 9.17) is 4.74 Å². The van der Waals surface area contributed by atoms with Gasteiger partial charge in [-0.15, -0.1) is 0 Å². The summed E-state index contributed by atoms with van der Waals surface area (Å²) in [5.74, 6) is -0.0787. The van der Waals surface area contributed by atoms with Crippen molar-refractivity contribution in [2.24, 2.45) is 5.92 Å². The first kappa shape index (κ1) is 22.4. The zero-order chi connectivity index (χ0) is 22.5. The molecule has 1 heterocycles. The van der Waals surface area contributed by atoms with Gasteiger partial charge in [-0.1, -0.05) is 13.8 Å². The highest BCUT2D eigenvalue weighted by molar-refractivity contribution is 6.09. The molecule has 0 amide bonds. The normalized spacial score (nSPS) is 11.0. The Morgan fingerprint density at radius 1 is 1.00 bits per heavy atom. The lowest BCUT2D eigenvalue weighted by molar-refractivity contribution is -0.134. The standard InChI is InChI=1S/C25H27FN2O3/c1-16(2)15-28-18(4)23(17(3)27-28)13-14-24(29)31-22-11-7-20(8-12-22)25(30)19-5-9-21(26)10-6-19/h5-12,16H,13-15H2,1-4H3. The zero-order valence-corrected chi connectivity index (χ0v) is 18.3. The highest BCUT2D eigenvalue weighted by atomic mass is 19.1. The number of hydrogen-bond acceptors (Lipinski definition) is 4. The third-order valence-electron chi connectivity index (χ3n) is 5.10. The maximum atomic E-state index is 13.0. The number of nitrogens with zero attached hydrogens (tertiary/aromatic N) is 2. The highest BCUT2D eigenvalue weighted by Gasteiger charge is 2.15. The molecule has 0 bridgehead atoms. The number of halogens is 1. The summed E-state index contributed by atoms with van der Waals surface area (Å²) in [7, 11) is 0. The van der Waals surface area contributed by atoms with Crippen LogP contribution in [0.15, 0.2) is 48.5 Å². The molecule has 0 aliphatic carbocycles. The van der Waals surface area contributed by atoms with Gasteiger partial charge in [-0.05, 0) is 80.3 Å². The predicted molar refractivity (Wildman–Crippen MR) is 117 cm³/mol. The molecular weight excluding hydrogens is 395 g/mol. The first-order chi connectivity index (χ1) is 14.7. The summed E-state index contributed by atoms with van der Waals surface area (Å²) in [5.41, 5.74) is 3.94. The molecule has 0 unspecified atom stereocenters. The van der Waals surface area contributed by atoms with Crippen molar-refractivity contribution in [3.05, 3.63) is 82.4 Å². The van der Waals surface area contributed by atoms with Crippen LogP contribution in [0, 0.1) is 25.6 Å². The first-order valence-corrected chi connectivity index (χ1v) is 10.4.